The number of aromatic carboxylic acids is 1. The van der Waals surface area contributed by atoms with Crippen LogP contribution in [0.2, 0.25) is 0 Å². The Morgan fingerprint density at radius 2 is 2.18 bits per heavy atom. The van der Waals surface area contributed by atoms with E-state index in [0.717, 1.165) is 31.1 Å². The summed E-state index contributed by atoms with van der Waals surface area (Å²) in [7, 11) is 1.73. The van der Waals surface area contributed by atoms with Gasteiger partial charge in [-0.3, -0.25) is 0 Å². The number of piperidine rings is 1. The third-order valence-corrected chi connectivity index (χ3v) is 4.23. The fourth-order valence-corrected chi connectivity index (χ4v) is 2.96. The van der Waals surface area contributed by atoms with Gasteiger partial charge in [-0.25, -0.2) is 9.78 Å². The van der Waals surface area contributed by atoms with Crippen molar-refractivity contribution in [3.8, 4) is 0 Å². The van der Waals surface area contributed by atoms with Gasteiger partial charge in [0.05, 0.1) is 11.8 Å². The molecule has 1 aromatic heterocycles. The average molecular weight is 256 g/mol. The van der Waals surface area contributed by atoms with E-state index in [1.165, 1.54) is 11.3 Å². The minimum Gasteiger partial charge on any atom is -0.477 e. The van der Waals surface area contributed by atoms with Gasteiger partial charge in [0.1, 0.15) is 4.88 Å². The second-order valence-electron chi connectivity index (χ2n) is 4.14. The van der Waals surface area contributed by atoms with Crippen LogP contribution in [0.5, 0.6) is 0 Å². The molecule has 0 bridgehead atoms. The Morgan fingerprint density at radius 3 is 2.65 bits per heavy atom. The molecule has 1 aliphatic rings. The van der Waals surface area contributed by atoms with Crippen molar-refractivity contribution >= 4 is 22.4 Å². The van der Waals surface area contributed by atoms with Crippen LogP contribution >= 0.6 is 11.3 Å². The molecule has 94 valence electrons. The average Bonchev–Trinajstić information content (AvgIpc) is 2.71. The van der Waals surface area contributed by atoms with E-state index in [1.807, 2.05) is 0 Å². The molecule has 17 heavy (non-hydrogen) atoms. The van der Waals surface area contributed by atoms with E-state index in [0.29, 0.717) is 16.7 Å². The van der Waals surface area contributed by atoms with E-state index in [1.54, 1.807) is 14.0 Å². The van der Waals surface area contributed by atoms with Crippen molar-refractivity contribution in [2.45, 2.75) is 25.9 Å². The van der Waals surface area contributed by atoms with Crippen LogP contribution in [-0.4, -0.2) is 42.4 Å². The van der Waals surface area contributed by atoms with Crippen LogP contribution in [0.1, 0.15) is 28.2 Å². The molecule has 5 nitrogen and oxygen atoms in total. The number of nitrogens with zero attached hydrogens (tertiary/aromatic N) is 2. The van der Waals surface area contributed by atoms with E-state index in [-0.39, 0.29) is 0 Å². The highest BCUT2D eigenvalue weighted by Crippen LogP contribution is 2.28. The first-order valence-electron chi connectivity index (χ1n) is 5.60. The number of ether oxygens (including phenoxy) is 1. The van der Waals surface area contributed by atoms with Gasteiger partial charge in [-0.1, -0.05) is 11.3 Å². The summed E-state index contributed by atoms with van der Waals surface area (Å²) in [5.41, 5.74) is 0.603. The van der Waals surface area contributed by atoms with Crippen molar-refractivity contribution in [3.05, 3.63) is 10.6 Å². The Bertz CT molecular complexity index is 411. The summed E-state index contributed by atoms with van der Waals surface area (Å²) in [4.78, 5) is 17.8. The van der Waals surface area contributed by atoms with Gasteiger partial charge in [-0.2, -0.15) is 0 Å². The largest absolute Gasteiger partial charge is 0.477 e. The first kappa shape index (κ1) is 12.3. The fraction of sp³-hybridized carbons (Fsp3) is 0.636. The lowest BCUT2D eigenvalue weighted by Crippen LogP contribution is -2.36. The van der Waals surface area contributed by atoms with Crippen molar-refractivity contribution < 1.29 is 14.6 Å². The molecule has 2 rings (SSSR count). The zero-order chi connectivity index (χ0) is 12.4. The van der Waals surface area contributed by atoms with Gasteiger partial charge in [0.15, 0.2) is 5.13 Å². The Morgan fingerprint density at radius 1 is 1.53 bits per heavy atom. The number of aromatic nitrogens is 1. The third kappa shape index (κ3) is 2.58. The van der Waals surface area contributed by atoms with Crippen molar-refractivity contribution in [1.29, 1.82) is 0 Å². The third-order valence-electron chi connectivity index (χ3n) is 3.03. The Labute approximate surface area is 104 Å². The predicted octanol–water partition coefficient (Wildman–Crippen LogP) is 1.76. The summed E-state index contributed by atoms with van der Waals surface area (Å²) < 4.78 is 5.30. The summed E-state index contributed by atoms with van der Waals surface area (Å²) in [6.07, 6.45) is 2.26. The normalized spacial score (nSPS) is 17.4. The van der Waals surface area contributed by atoms with Gasteiger partial charge in [-0.15, -0.1) is 0 Å². The van der Waals surface area contributed by atoms with Gasteiger partial charge in [-0.05, 0) is 19.8 Å². The van der Waals surface area contributed by atoms with Crippen LogP contribution < -0.4 is 4.90 Å². The molecule has 1 fully saturated rings. The van der Waals surface area contributed by atoms with Gasteiger partial charge in [0.2, 0.25) is 0 Å². The lowest BCUT2D eigenvalue weighted by Gasteiger charge is -2.30. The van der Waals surface area contributed by atoms with Crippen LogP contribution in [0.3, 0.4) is 0 Å². The minimum absolute atomic E-state index is 0.325. The van der Waals surface area contributed by atoms with Gasteiger partial charge < -0.3 is 14.7 Å². The molecule has 2 heterocycles. The number of anilines is 1. The fourth-order valence-electron chi connectivity index (χ4n) is 2.00. The number of methoxy groups -OCH3 is 1. The van der Waals surface area contributed by atoms with Crippen molar-refractivity contribution in [1.82, 2.24) is 4.98 Å². The second-order valence-corrected chi connectivity index (χ2v) is 5.12. The van der Waals surface area contributed by atoms with Crippen LogP contribution in [-0.2, 0) is 4.74 Å². The summed E-state index contributed by atoms with van der Waals surface area (Å²) in [5.74, 6) is -0.891. The molecule has 0 amide bonds. The van der Waals surface area contributed by atoms with Gasteiger partial charge in [0, 0.05) is 20.2 Å². The quantitative estimate of drug-likeness (QED) is 0.893. The molecule has 1 aliphatic heterocycles. The standard InChI is InChI=1S/C11H16N2O3S/c1-7-9(10(14)15)17-11(12-7)13-5-3-8(16-2)4-6-13/h8H,3-6H2,1-2H3,(H,14,15). The minimum atomic E-state index is -0.891. The Balaban J connectivity index is 2.08. The van der Waals surface area contributed by atoms with Crippen molar-refractivity contribution in [2.24, 2.45) is 0 Å². The number of hydrogen-bond donors (Lipinski definition) is 1. The molecule has 1 N–H and O–H groups in total. The number of carboxylic acids is 1. The molecule has 0 atom stereocenters. The molecule has 1 saturated heterocycles. The van der Waals surface area contributed by atoms with E-state index < -0.39 is 5.97 Å². The van der Waals surface area contributed by atoms with Crippen LogP contribution in [0.4, 0.5) is 5.13 Å². The number of carboxylic acid groups (broad SMARTS) is 1. The van der Waals surface area contributed by atoms with Crippen molar-refractivity contribution in [3.63, 3.8) is 0 Å². The van der Waals surface area contributed by atoms with E-state index in [9.17, 15) is 4.79 Å². The summed E-state index contributed by atoms with van der Waals surface area (Å²) in [6, 6.07) is 0. The van der Waals surface area contributed by atoms with Crippen LogP contribution in [0.25, 0.3) is 0 Å². The van der Waals surface area contributed by atoms with Crippen molar-refractivity contribution in [2.75, 3.05) is 25.1 Å². The molecule has 1 aromatic rings. The molecular formula is C11H16N2O3S. The van der Waals surface area contributed by atoms with Gasteiger partial charge in [0.25, 0.3) is 0 Å². The smallest absolute Gasteiger partial charge is 0.347 e. The number of rotatable bonds is 3. The molecule has 0 saturated carbocycles. The summed E-state index contributed by atoms with van der Waals surface area (Å²) >= 11 is 1.26. The molecule has 0 unspecified atom stereocenters. The van der Waals surface area contributed by atoms with E-state index >= 15 is 0 Å². The highest BCUT2D eigenvalue weighted by Gasteiger charge is 2.23. The maximum atomic E-state index is 10.9. The summed E-state index contributed by atoms with van der Waals surface area (Å²) in [5, 5.41) is 9.80. The highest BCUT2D eigenvalue weighted by atomic mass is 32.1. The van der Waals surface area contributed by atoms with E-state index in [2.05, 4.69) is 9.88 Å². The van der Waals surface area contributed by atoms with Crippen LogP contribution in [0, 0.1) is 6.92 Å². The first-order chi connectivity index (χ1) is 8.11. The first-order valence-corrected chi connectivity index (χ1v) is 6.42. The second kappa shape index (κ2) is 5.01. The maximum Gasteiger partial charge on any atom is 0.347 e. The maximum absolute atomic E-state index is 10.9. The summed E-state index contributed by atoms with van der Waals surface area (Å²) in [6.45, 7) is 3.50. The molecule has 6 heteroatoms. The molecule has 0 aromatic carbocycles. The number of carbonyl (C=O) groups is 1. The lowest BCUT2D eigenvalue weighted by atomic mass is 10.1. The zero-order valence-corrected chi connectivity index (χ0v) is 10.8. The number of hydrogen-bond acceptors (Lipinski definition) is 5. The zero-order valence-electron chi connectivity index (χ0n) is 9.97. The van der Waals surface area contributed by atoms with Crippen LogP contribution in [0.15, 0.2) is 0 Å². The monoisotopic (exact) mass is 256 g/mol. The molecule has 0 radical (unpaired) electrons. The lowest BCUT2D eigenvalue weighted by molar-refractivity contribution is 0.0701. The topological polar surface area (TPSA) is 62.7 Å². The predicted molar refractivity (Wildman–Crippen MR) is 66.1 cm³/mol. The number of thiazole rings is 1. The Hall–Kier alpha value is -1.14. The molecule has 0 aliphatic carbocycles. The number of aryl methyl sites for hydroxylation is 1. The highest BCUT2D eigenvalue weighted by molar-refractivity contribution is 7.17. The molecule has 0 spiro atoms. The SMILES string of the molecule is COC1CCN(c2nc(C)c(C(=O)O)s2)CC1. The van der Waals surface area contributed by atoms with Gasteiger partial charge >= 0.3 is 5.97 Å². The van der Waals surface area contributed by atoms with E-state index in [4.69, 9.17) is 9.84 Å². The molecular weight excluding hydrogens is 240 g/mol. The Kier molecular flexibility index (Phi) is 3.63.